The van der Waals surface area contributed by atoms with Gasteiger partial charge in [0, 0.05) is 7.05 Å². The zero-order chi connectivity index (χ0) is 9.14. The van der Waals surface area contributed by atoms with Crippen molar-refractivity contribution < 1.29 is 9.53 Å². The van der Waals surface area contributed by atoms with Crippen molar-refractivity contribution in [3.8, 4) is 6.07 Å². The van der Waals surface area contributed by atoms with Crippen LogP contribution in [0.1, 0.15) is 16.3 Å². The maximum Gasteiger partial charge on any atom is 0.356 e. The first-order valence-corrected chi connectivity index (χ1v) is 3.21. The van der Waals surface area contributed by atoms with Gasteiger partial charge in [-0.1, -0.05) is 0 Å². The molecule has 12 heavy (non-hydrogen) atoms. The van der Waals surface area contributed by atoms with Crippen LogP contribution in [0.3, 0.4) is 0 Å². The van der Waals surface area contributed by atoms with Crippen LogP contribution in [0.4, 0.5) is 0 Å². The summed E-state index contributed by atoms with van der Waals surface area (Å²) in [5.74, 6) is -0.304. The minimum atomic E-state index is -0.494. The number of carbonyl (C=O) groups excluding carboxylic acids is 1. The monoisotopic (exact) mass is 165 g/mol. The third kappa shape index (κ3) is 1.14. The first-order valence-electron chi connectivity index (χ1n) is 3.21. The Bertz CT molecular complexity index is 348. The summed E-state index contributed by atoms with van der Waals surface area (Å²) >= 11 is 0. The molecule has 0 radical (unpaired) electrons. The van der Waals surface area contributed by atoms with Gasteiger partial charge in [0.15, 0.2) is 0 Å². The molecule has 0 fully saturated rings. The summed E-state index contributed by atoms with van der Waals surface area (Å²) in [6.07, 6.45) is 1.31. The van der Waals surface area contributed by atoms with Crippen molar-refractivity contribution in [2.45, 2.75) is 0 Å². The number of nitrogens with zero attached hydrogens (tertiary/aromatic N) is 3. The van der Waals surface area contributed by atoms with Gasteiger partial charge in [0.2, 0.25) is 5.82 Å². The summed E-state index contributed by atoms with van der Waals surface area (Å²) in [4.78, 5) is 14.7. The number of nitriles is 1. The van der Waals surface area contributed by atoms with Crippen molar-refractivity contribution in [2.75, 3.05) is 7.11 Å². The molecule has 0 aromatic carbocycles. The number of methoxy groups -OCH3 is 1. The van der Waals surface area contributed by atoms with Gasteiger partial charge in [-0.3, -0.25) is 0 Å². The average molecular weight is 165 g/mol. The summed E-state index contributed by atoms with van der Waals surface area (Å²) in [6.45, 7) is 0. The Morgan fingerprint density at radius 1 is 1.83 bits per heavy atom. The lowest BCUT2D eigenvalue weighted by atomic mass is 10.5. The molecule has 0 saturated carbocycles. The second-order valence-corrected chi connectivity index (χ2v) is 2.13. The molecule has 0 amide bonds. The molecule has 0 saturated heterocycles. The fourth-order valence-electron chi connectivity index (χ4n) is 0.808. The van der Waals surface area contributed by atoms with Crippen molar-refractivity contribution in [1.29, 1.82) is 5.26 Å². The topological polar surface area (TPSA) is 67.9 Å². The van der Waals surface area contributed by atoms with Crippen LogP contribution in [0.2, 0.25) is 0 Å². The van der Waals surface area contributed by atoms with Crippen LogP contribution < -0.4 is 0 Å². The van der Waals surface area contributed by atoms with E-state index in [0.717, 1.165) is 0 Å². The number of hydrogen-bond donors (Lipinski definition) is 0. The van der Waals surface area contributed by atoms with Gasteiger partial charge in [0.1, 0.15) is 11.8 Å². The van der Waals surface area contributed by atoms with E-state index in [2.05, 4.69) is 9.72 Å². The fraction of sp³-hybridized carbons (Fsp3) is 0.286. The van der Waals surface area contributed by atoms with Gasteiger partial charge in [0.25, 0.3) is 0 Å². The molecule has 0 N–H and O–H groups in total. The van der Waals surface area contributed by atoms with Gasteiger partial charge in [0.05, 0.1) is 13.3 Å². The van der Waals surface area contributed by atoms with Crippen LogP contribution in [-0.2, 0) is 11.8 Å². The molecule has 0 bridgehead atoms. The summed E-state index contributed by atoms with van der Waals surface area (Å²) in [5.41, 5.74) is 0.272. The van der Waals surface area contributed by atoms with E-state index < -0.39 is 5.97 Å². The number of hydrogen-bond acceptors (Lipinski definition) is 4. The summed E-state index contributed by atoms with van der Waals surface area (Å²) in [6, 6.07) is 1.84. The SMILES string of the molecule is COC(=O)c1cnc(C#N)n1C. The Labute approximate surface area is 69.2 Å². The second kappa shape index (κ2) is 3.05. The minimum Gasteiger partial charge on any atom is -0.464 e. The number of ether oxygens (including phenoxy) is 1. The predicted octanol–water partition coefficient (Wildman–Crippen LogP) is 0.0784. The van der Waals surface area contributed by atoms with Crippen LogP contribution in [0, 0.1) is 11.3 Å². The lowest BCUT2D eigenvalue weighted by Gasteiger charge is -1.98. The Morgan fingerprint density at radius 3 is 2.92 bits per heavy atom. The molecule has 1 heterocycles. The maximum atomic E-state index is 11.0. The van der Waals surface area contributed by atoms with E-state index in [9.17, 15) is 4.79 Å². The molecular weight excluding hydrogens is 158 g/mol. The molecule has 0 unspecified atom stereocenters. The Balaban J connectivity index is 3.12. The predicted molar refractivity (Wildman–Crippen MR) is 39.3 cm³/mol. The first kappa shape index (κ1) is 8.27. The van der Waals surface area contributed by atoms with Crippen molar-refractivity contribution in [1.82, 2.24) is 9.55 Å². The molecule has 5 heteroatoms. The molecule has 62 valence electrons. The second-order valence-electron chi connectivity index (χ2n) is 2.13. The van der Waals surface area contributed by atoms with E-state index in [1.807, 2.05) is 6.07 Å². The number of aromatic nitrogens is 2. The van der Waals surface area contributed by atoms with E-state index in [0.29, 0.717) is 0 Å². The number of carbonyl (C=O) groups is 1. The van der Waals surface area contributed by atoms with Crippen molar-refractivity contribution >= 4 is 5.97 Å². The van der Waals surface area contributed by atoms with Crippen molar-refractivity contribution in [3.05, 3.63) is 17.7 Å². The van der Waals surface area contributed by atoms with Crippen LogP contribution in [-0.4, -0.2) is 22.6 Å². The van der Waals surface area contributed by atoms with Crippen LogP contribution >= 0.6 is 0 Å². The Hall–Kier alpha value is -1.83. The molecule has 1 rings (SSSR count). The molecule has 5 nitrogen and oxygen atoms in total. The zero-order valence-electron chi connectivity index (χ0n) is 6.74. The molecule has 0 aliphatic heterocycles. The third-order valence-electron chi connectivity index (χ3n) is 1.48. The van der Waals surface area contributed by atoms with Crippen molar-refractivity contribution in [3.63, 3.8) is 0 Å². The summed E-state index contributed by atoms with van der Waals surface area (Å²) < 4.78 is 5.85. The fourth-order valence-corrected chi connectivity index (χ4v) is 0.808. The van der Waals surface area contributed by atoms with Gasteiger partial charge in [-0.15, -0.1) is 0 Å². The number of imidazole rings is 1. The minimum absolute atomic E-state index is 0.190. The molecule has 0 aliphatic carbocycles. The number of rotatable bonds is 1. The summed E-state index contributed by atoms with van der Waals surface area (Å²) in [5, 5.41) is 8.50. The van der Waals surface area contributed by atoms with Gasteiger partial charge in [-0.25, -0.2) is 9.78 Å². The van der Waals surface area contributed by atoms with Crippen molar-refractivity contribution in [2.24, 2.45) is 7.05 Å². The zero-order valence-corrected chi connectivity index (χ0v) is 6.74. The number of esters is 1. The van der Waals surface area contributed by atoms with Gasteiger partial charge < -0.3 is 9.30 Å². The highest BCUT2D eigenvalue weighted by Gasteiger charge is 2.12. The van der Waals surface area contributed by atoms with Gasteiger partial charge in [-0.05, 0) is 0 Å². The highest BCUT2D eigenvalue weighted by molar-refractivity contribution is 5.87. The van der Waals surface area contributed by atoms with E-state index >= 15 is 0 Å². The third-order valence-corrected chi connectivity index (χ3v) is 1.48. The standard InChI is InChI=1S/C7H7N3O2/c1-10-5(7(11)12-2)4-9-6(10)3-8/h4H,1-2H3. The van der Waals surface area contributed by atoms with E-state index in [-0.39, 0.29) is 11.5 Å². The van der Waals surface area contributed by atoms with Crippen LogP contribution in [0.15, 0.2) is 6.20 Å². The van der Waals surface area contributed by atoms with Gasteiger partial charge in [-0.2, -0.15) is 5.26 Å². The largest absolute Gasteiger partial charge is 0.464 e. The molecule has 0 aliphatic rings. The van der Waals surface area contributed by atoms with Crippen LogP contribution in [0.5, 0.6) is 0 Å². The van der Waals surface area contributed by atoms with E-state index in [1.165, 1.54) is 17.9 Å². The van der Waals surface area contributed by atoms with E-state index in [4.69, 9.17) is 5.26 Å². The Morgan fingerprint density at radius 2 is 2.50 bits per heavy atom. The maximum absolute atomic E-state index is 11.0. The van der Waals surface area contributed by atoms with E-state index in [1.54, 1.807) is 7.05 Å². The normalized spacial score (nSPS) is 9.08. The molecule has 1 aromatic rings. The van der Waals surface area contributed by atoms with Gasteiger partial charge >= 0.3 is 5.97 Å². The molecule has 0 atom stereocenters. The lowest BCUT2D eigenvalue weighted by Crippen LogP contribution is -2.08. The first-order chi connectivity index (χ1) is 5.70. The highest BCUT2D eigenvalue weighted by atomic mass is 16.5. The average Bonchev–Trinajstić information content (AvgIpc) is 2.45. The Kier molecular flexibility index (Phi) is 2.10. The molecule has 1 aromatic heterocycles. The molecule has 0 spiro atoms. The smallest absolute Gasteiger partial charge is 0.356 e. The highest BCUT2D eigenvalue weighted by Crippen LogP contribution is 2.02. The molecular formula is C7H7N3O2. The lowest BCUT2D eigenvalue weighted by molar-refractivity contribution is 0.0590. The van der Waals surface area contributed by atoms with Crippen LogP contribution in [0.25, 0.3) is 0 Å². The quantitative estimate of drug-likeness (QED) is 0.552. The summed E-state index contributed by atoms with van der Waals surface area (Å²) in [7, 11) is 2.86.